The first kappa shape index (κ1) is 20.4. The molecule has 1 aromatic carbocycles. The largest absolute Gasteiger partial charge is 0.362 e. The SMILES string of the molecule is Cc1nn(CCCNC(=S)Nc2c(C)nn(Cc3ccccc3)c2C)cc1Cl. The van der Waals surface area contributed by atoms with Gasteiger partial charge in [-0.3, -0.25) is 9.36 Å². The van der Waals surface area contributed by atoms with Crippen molar-refractivity contribution in [1.82, 2.24) is 24.9 Å². The Labute approximate surface area is 175 Å². The zero-order valence-corrected chi connectivity index (χ0v) is 17.9. The van der Waals surface area contributed by atoms with Crippen molar-refractivity contribution >= 4 is 34.6 Å². The molecule has 3 aromatic rings. The molecule has 0 aliphatic carbocycles. The molecule has 0 bridgehead atoms. The number of aromatic nitrogens is 4. The van der Waals surface area contributed by atoms with E-state index in [4.69, 9.17) is 23.8 Å². The summed E-state index contributed by atoms with van der Waals surface area (Å²) in [6.45, 7) is 8.22. The lowest BCUT2D eigenvalue weighted by Crippen LogP contribution is -2.30. The molecule has 0 aliphatic heterocycles. The molecule has 3 rings (SSSR count). The molecule has 0 unspecified atom stereocenters. The van der Waals surface area contributed by atoms with Gasteiger partial charge in [0.05, 0.1) is 34.3 Å². The Morgan fingerprint density at radius 1 is 1.11 bits per heavy atom. The average Bonchev–Trinajstić information content (AvgIpc) is 3.12. The van der Waals surface area contributed by atoms with E-state index in [1.807, 2.05) is 47.6 Å². The van der Waals surface area contributed by atoms with Crippen LogP contribution in [0.15, 0.2) is 36.5 Å². The molecule has 2 N–H and O–H groups in total. The van der Waals surface area contributed by atoms with Crippen LogP contribution >= 0.6 is 23.8 Å². The van der Waals surface area contributed by atoms with Gasteiger partial charge >= 0.3 is 0 Å². The molecule has 2 aromatic heterocycles. The summed E-state index contributed by atoms with van der Waals surface area (Å²) in [6.07, 6.45) is 2.74. The molecular formula is C20H25ClN6S. The molecule has 0 saturated carbocycles. The summed E-state index contributed by atoms with van der Waals surface area (Å²) in [4.78, 5) is 0. The molecule has 6 nitrogen and oxygen atoms in total. The third-order valence-electron chi connectivity index (χ3n) is 4.53. The zero-order chi connectivity index (χ0) is 20.1. The van der Waals surface area contributed by atoms with Crippen molar-refractivity contribution in [2.24, 2.45) is 0 Å². The van der Waals surface area contributed by atoms with E-state index in [0.29, 0.717) is 10.1 Å². The van der Waals surface area contributed by atoms with Crippen LogP contribution in [0.25, 0.3) is 0 Å². The van der Waals surface area contributed by atoms with Gasteiger partial charge in [-0.2, -0.15) is 10.2 Å². The molecule has 28 heavy (non-hydrogen) atoms. The second-order valence-electron chi connectivity index (χ2n) is 6.75. The van der Waals surface area contributed by atoms with Crippen LogP contribution in [0.5, 0.6) is 0 Å². The summed E-state index contributed by atoms with van der Waals surface area (Å²) in [7, 11) is 0. The van der Waals surface area contributed by atoms with E-state index in [1.54, 1.807) is 0 Å². The summed E-state index contributed by atoms with van der Waals surface area (Å²) in [6, 6.07) is 10.3. The fourth-order valence-corrected chi connectivity index (χ4v) is 3.35. The smallest absolute Gasteiger partial charge is 0.170 e. The number of thiocarbonyl (C=S) groups is 1. The molecule has 0 amide bonds. The van der Waals surface area contributed by atoms with Crippen LogP contribution in [0.3, 0.4) is 0 Å². The van der Waals surface area contributed by atoms with Crippen molar-refractivity contribution in [3.8, 4) is 0 Å². The minimum absolute atomic E-state index is 0.597. The summed E-state index contributed by atoms with van der Waals surface area (Å²) >= 11 is 11.5. The lowest BCUT2D eigenvalue weighted by molar-refractivity contribution is 0.570. The number of hydrogen-bond donors (Lipinski definition) is 2. The third-order valence-corrected chi connectivity index (χ3v) is 5.15. The molecular weight excluding hydrogens is 392 g/mol. The van der Waals surface area contributed by atoms with Crippen LogP contribution in [0.4, 0.5) is 5.69 Å². The standard InChI is InChI=1S/C20H25ClN6S/c1-14-18(21)13-26(24-14)11-7-10-22-20(28)23-19-15(2)25-27(16(19)3)12-17-8-5-4-6-9-17/h4-6,8-9,13H,7,10-12H2,1-3H3,(H2,22,23,28). The Morgan fingerprint density at radius 3 is 2.54 bits per heavy atom. The van der Waals surface area contributed by atoms with Gasteiger partial charge in [-0.05, 0) is 45.0 Å². The fourth-order valence-electron chi connectivity index (χ4n) is 3.00. The highest BCUT2D eigenvalue weighted by molar-refractivity contribution is 7.80. The van der Waals surface area contributed by atoms with Gasteiger partial charge in [0.1, 0.15) is 0 Å². The maximum atomic E-state index is 6.03. The van der Waals surface area contributed by atoms with Gasteiger partial charge < -0.3 is 10.6 Å². The maximum Gasteiger partial charge on any atom is 0.170 e. The lowest BCUT2D eigenvalue weighted by atomic mass is 10.2. The predicted octanol–water partition coefficient (Wildman–Crippen LogP) is 4.08. The number of anilines is 1. The molecule has 0 fully saturated rings. The summed E-state index contributed by atoms with van der Waals surface area (Å²) < 4.78 is 3.86. The minimum atomic E-state index is 0.597. The topological polar surface area (TPSA) is 59.7 Å². The van der Waals surface area contributed by atoms with E-state index in [1.165, 1.54) is 5.56 Å². The van der Waals surface area contributed by atoms with E-state index < -0.39 is 0 Å². The number of hydrogen-bond acceptors (Lipinski definition) is 3. The van der Waals surface area contributed by atoms with E-state index in [2.05, 4.69) is 39.9 Å². The molecule has 0 atom stereocenters. The van der Waals surface area contributed by atoms with Crippen LogP contribution in [0.1, 0.15) is 29.1 Å². The summed E-state index contributed by atoms with van der Waals surface area (Å²) in [5.74, 6) is 0. The van der Waals surface area contributed by atoms with Crippen LogP contribution in [0, 0.1) is 20.8 Å². The first-order chi connectivity index (χ1) is 13.4. The Morgan fingerprint density at radius 2 is 1.86 bits per heavy atom. The monoisotopic (exact) mass is 416 g/mol. The van der Waals surface area contributed by atoms with Crippen molar-refractivity contribution < 1.29 is 0 Å². The Bertz CT molecular complexity index is 928. The van der Waals surface area contributed by atoms with E-state index in [9.17, 15) is 0 Å². The molecule has 0 saturated heterocycles. The van der Waals surface area contributed by atoms with Crippen molar-refractivity contribution in [2.45, 2.75) is 40.3 Å². The Kier molecular flexibility index (Phi) is 6.70. The van der Waals surface area contributed by atoms with Crippen molar-refractivity contribution in [1.29, 1.82) is 0 Å². The van der Waals surface area contributed by atoms with Crippen LogP contribution in [0.2, 0.25) is 5.02 Å². The molecule has 0 spiro atoms. The van der Waals surface area contributed by atoms with Crippen LogP contribution in [-0.4, -0.2) is 31.2 Å². The number of nitrogens with zero attached hydrogens (tertiary/aromatic N) is 4. The molecule has 0 aliphatic rings. The summed E-state index contributed by atoms with van der Waals surface area (Å²) in [5, 5.41) is 16.8. The molecule has 2 heterocycles. The number of nitrogens with one attached hydrogen (secondary N) is 2. The number of benzene rings is 1. The molecule has 0 radical (unpaired) electrons. The zero-order valence-electron chi connectivity index (χ0n) is 16.4. The number of rotatable bonds is 7. The number of halogens is 1. The fraction of sp³-hybridized carbons (Fsp3) is 0.350. The second kappa shape index (κ2) is 9.21. The van der Waals surface area contributed by atoms with Gasteiger partial charge in [0.25, 0.3) is 0 Å². The van der Waals surface area contributed by atoms with Gasteiger partial charge in [-0.1, -0.05) is 41.9 Å². The third kappa shape index (κ3) is 5.11. The van der Waals surface area contributed by atoms with Crippen LogP contribution in [-0.2, 0) is 13.1 Å². The maximum absolute atomic E-state index is 6.03. The van der Waals surface area contributed by atoms with Gasteiger partial charge in [0.15, 0.2) is 5.11 Å². The van der Waals surface area contributed by atoms with Crippen LogP contribution < -0.4 is 10.6 Å². The molecule has 148 valence electrons. The second-order valence-corrected chi connectivity index (χ2v) is 7.56. The highest BCUT2D eigenvalue weighted by atomic mass is 35.5. The predicted molar refractivity (Wildman–Crippen MR) is 118 cm³/mol. The normalized spacial score (nSPS) is 10.9. The van der Waals surface area contributed by atoms with Crippen molar-refractivity contribution in [2.75, 3.05) is 11.9 Å². The minimum Gasteiger partial charge on any atom is -0.362 e. The Hall–Kier alpha value is -2.38. The summed E-state index contributed by atoms with van der Waals surface area (Å²) in [5.41, 5.74) is 5.02. The van der Waals surface area contributed by atoms with Crippen molar-refractivity contribution in [3.05, 3.63) is 64.2 Å². The highest BCUT2D eigenvalue weighted by Gasteiger charge is 2.13. The van der Waals surface area contributed by atoms with Gasteiger partial charge in [-0.15, -0.1) is 0 Å². The average molecular weight is 417 g/mol. The van der Waals surface area contributed by atoms with Crippen molar-refractivity contribution in [3.63, 3.8) is 0 Å². The van der Waals surface area contributed by atoms with Gasteiger partial charge in [0.2, 0.25) is 0 Å². The van der Waals surface area contributed by atoms with E-state index >= 15 is 0 Å². The van der Waals surface area contributed by atoms with E-state index in [-0.39, 0.29) is 0 Å². The quantitative estimate of drug-likeness (QED) is 0.449. The first-order valence-corrected chi connectivity index (χ1v) is 10.0. The number of aryl methyl sites for hydroxylation is 3. The van der Waals surface area contributed by atoms with Gasteiger partial charge in [0, 0.05) is 19.3 Å². The van der Waals surface area contributed by atoms with Gasteiger partial charge in [-0.25, -0.2) is 0 Å². The highest BCUT2D eigenvalue weighted by Crippen LogP contribution is 2.20. The Balaban J connectivity index is 1.51. The molecule has 8 heteroatoms. The first-order valence-electron chi connectivity index (χ1n) is 9.26. The van der Waals surface area contributed by atoms with E-state index in [0.717, 1.165) is 48.8 Å². The lowest BCUT2D eigenvalue weighted by Gasteiger charge is -2.11.